The lowest BCUT2D eigenvalue weighted by Crippen LogP contribution is -2.29. The standard InChI is InChI=1S/C13H13F5O3/c1-3-4-5-6(13(19)20-2)21-12-10(17)8(15)7(14)9(16)11(12)18/h6H,3-5H2,1-2H3. The molecular formula is C13H13F5O3. The third-order valence-corrected chi connectivity index (χ3v) is 2.71. The first-order valence-corrected chi connectivity index (χ1v) is 6.11. The monoisotopic (exact) mass is 312 g/mol. The first-order chi connectivity index (χ1) is 9.84. The van der Waals surface area contributed by atoms with Crippen LogP contribution in [0.2, 0.25) is 0 Å². The molecule has 0 saturated carbocycles. The Bertz CT molecular complexity index is 504. The maximum absolute atomic E-state index is 13.5. The fourth-order valence-electron chi connectivity index (χ4n) is 1.58. The zero-order chi connectivity index (χ0) is 16.2. The van der Waals surface area contributed by atoms with Crippen LogP contribution in [-0.4, -0.2) is 19.2 Å². The molecule has 1 aromatic carbocycles. The number of benzene rings is 1. The molecule has 1 unspecified atom stereocenters. The van der Waals surface area contributed by atoms with Crippen molar-refractivity contribution in [2.24, 2.45) is 0 Å². The summed E-state index contributed by atoms with van der Waals surface area (Å²) in [6, 6.07) is 0. The van der Waals surface area contributed by atoms with E-state index in [0.29, 0.717) is 12.8 Å². The number of carbonyl (C=O) groups is 1. The van der Waals surface area contributed by atoms with Gasteiger partial charge in [0.15, 0.2) is 11.9 Å². The molecule has 0 saturated heterocycles. The Morgan fingerprint density at radius 2 is 1.48 bits per heavy atom. The van der Waals surface area contributed by atoms with Crippen LogP contribution in [0.4, 0.5) is 22.0 Å². The van der Waals surface area contributed by atoms with E-state index >= 15 is 0 Å². The highest BCUT2D eigenvalue weighted by Gasteiger charge is 2.31. The van der Waals surface area contributed by atoms with Gasteiger partial charge in [0, 0.05) is 0 Å². The summed E-state index contributed by atoms with van der Waals surface area (Å²) in [6.07, 6.45) is -0.366. The van der Waals surface area contributed by atoms with E-state index in [0.717, 1.165) is 7.11 Å². The summed E-state index contributed by atoms with van der Waals surface area (Å²) in [5.74, 6) is -13.3. The summed E-state index contributed by atoms with van der Waals surface area (Å²) in [7, 11) is 1.02. The number of halogens is 5. The highest BCUT2D eigenvalue weighted by Crippen LogP contribution is 2.30. The largest absolute Gasteiger partial charge is 0.472 e. The zero-order valence-electron chi connectivity index (χ0n) is 11.3. The van der Waals surface area contributed by atoms with Crippen molar-refractivity contribution in [3.8, 4) is 5.75 Å². The number of carbonyl (C=O) groups excluding carboxylic acids is 1. The third kappa shape index (κ3) is 3.62. The topological polar surface area (TPSA) is 35.5 Å². The first-order valence-electron chi connectivity index (χ1n) is 6.11. The van der Waals surface area contributed by atoms with Crippen molar-refractivity contribution in [2.45, 2.75) is 32.3 Å². The molecule has 0 heterocycles. The van der Waals surface area contributed by atoms with Crippen molar-refractivity contribution in [3.63, 3.8) is 0 Å². The lowest BCUT2D eigenvalue weighted by Gasteiger charge is -2.18. The lowest BCUT2D eigenvalue weighted by atomic mass is 10.1. The summed E-state index contributed by atoms with van der Waals surface area (Å²) in [5, 5.41) is 0. The summed E-state index contributed by atoms with van der Waals surface area (Å²) in [5.41, 5.74) is 0. The van der Waals surface area contributed by atoms with Crippen LogP contribution in [0.1, 0.15) is 26.2 Å². The molecule has 0 amide bonds. The van der Waals surface area contributed by atoms with E-state index in [4.69, 9.17) is 0 Å². The minimum absolute atomic E-state index is 0.0165. The molecule has 0 radical (unpaired) electrons. The number of unbranched alkanes of at least 4 members (excludes halogenated alkanes) is 1. The number of methoxy groups -OCH3 is 1. The summed E-state index contributed by atoms with van der Waals surface area (Å²) >= 11 is 0. The van der Waals surface area contributed by atoms with Gasteiger partial charge < -0.3 is 9.47 Å². The Balaban J connectivity index is 3.17. The molecule has 0 N–H and O–H groups in total. The zero-order valence-corrected chi connectivity index (χ0v) is 11.3. The van der Waals surface area contributed by atoms with Crippen LogP contribution in [-0.2, 0) is 9.53 Å². The van der Waals surface area contributed by atoms with E-state index in [9.17, 15) is 26.7 Å². The Morgan fingerprint density at radius 1 is 1.00 bits per heavy atom. The second-order valence-corrected chi connectivity index (χ2v) is 4.17. The summed E-state index contributed by atoms with van der Waals surface area (Å²) in [4.78, 5) is 11.4. The second-order valence-electron chi connectivity index (χ2n) is 4.17. The molecule has 1 aromatic rings. The molecule has 0 spiro atoms. The van der Waals surface area contributed by atoms with E-state index in [-0.39, 0.29) is 6.42 Å². The van der Waals surface area contributed by atoms with E-state index in [2.05, 4.69) is 9.47 Å². The van der Waals surface area contributed by atoms with Gasteiger partial charge in [-0.15, -0.1) is 0 Å². The Morgan fingerprint density at radius 3 is 1.90 bits per heavy atom. The van der Waals surface area contributed by atoms with E-state index in [1.165, 1.54) is 0 Å². The predicted octanol–water partition coefficient (Wildman–Crippen LogP) is 3.49. The molecule has 118 valence electrons. The van der Waals surface area contributed by atoms with Gasteiger partial charge >= 0.3 is 5.97 Å². The summed E-state index contributed by atoms with van der Waals surface area (Å²) < 4.78 is 74.9. The number of rotatable bonds is 6. The Labute approximate surface area is 117 Å². The predicted molar refractivity (Wildman–Crippen MR) is 62.2 cm³/mol. The SMILES string of the molecule is CCCCC(Oc1c(F)c(F)c(F)c(F)c1F)C(=O)OC. The average molecular weight is 312 g/mol. The van der Waals surface area contributed by atoms with Gasteiger partial charge in [0.05, 0.1) is 7.11 Å². The third-order valence-electron chi connectivity index (χ3n) is 2.71. The van der Waals surface area contributed by atoms with Gasteiger partial charge in [0.2, 0.25) is 29.1 Å². The van der Waals surface area contributed by atoms with Crippen molar-refractivity contribution in [1.82, 2.24) is 0 Å². The highest BCUT2D eigenvalue weighted by atomic mass is 19.2. The van der Waals surface area contributed by atoms with Crippen molar-refractivity contribution < 1.29 is 36.2 Å². The van der Waals surface area contributed by atoms with Crippen molar-refractivity contribution in [1.29, 1.82) is 0 Å². The van der Waals surface area contributed by atoms with Crippen LogP contribution in [0.3, 0.4) is 0 Å². The maximum Gasteiger partial charge on any atom is 0.347 e. The normalized spacial score (nSPS) is 12.1. The van der Waals surface area contributed by atoms with Crippen LogP contribution in [0, 0.1) is 29.1 Å². The Hall–Kier alpha value is -1.86. The molecule has 0 aliphatic heterocycles. The van der Waals surface area contributed by atoms with E-state index in [1.54, 1.807) is 6.92 Å². The lowest BCUT2D eigenvalue weighted by molar-refractivity contribution is -0.149. The van der Waals surface area contributed by atoms with Gasteiger partial charge in [-0.2, -0.15) is 8.78 Å². The molecular weight excluding hydrogens is 299 g/mol. The van der Waals surface area contributed by atoms with Crippen molar-refractivity contribution in [3.05, 3.63) is 29.1 Å². The van der Waals surface area contributed by atoms with E-state index < -0.39 is 46.9 Å². The van der Waals surface area contributed by atoms with Crippen LogP contribution >= 0.6 is 0 Å². The fourth-order valence-corrected chi connectivity index (χ4v) is 1.58. The molecule has 0 aliphatic carbocycles. The minimum Gasteiger partial charge on any atom is -0.472 e. The van der Waals surface area contributed by atoms with Crippen LogP contribution in [0.25, 0.3) is 0 Å². The fraction of sp³-hybridized carbons (Fsp3) is 0.462. The van der Waals surface area contributed by atoms with Crippen molar-refractivity contribution >= 4 is 5.97 Å². The molecule has 8 heteroatoms. The van der Waals surface area contributed by atoms with Gasteiger partial charge in [0.1, 0.15) is 0 Å². The van der Waals surface area contributed by atoms with Crippen LogP contribution in [0.5, 0.6) is 5.75 Å². The maximum atomic E-state index is 13.5. The minimum atomic E-state index is -2.29. The van der Waals surface area contributed by atoms with Gasteiger partial charge in [-0.3, -0.25) is 0 Å². The number of esters is 1. The first kappa shape index (κ1) is 17.2. The van der Waals surface area contributed by atoms with Crippen LogP contribution in [0.15, 0.2) is 0 Å². The molecule has 0 bridgehead atoms. The number of hydrogen-bond acceptors (Lipinski definition) is 3. The highest BCUT2D eigenvalue weighted by molar-refractivity contribution is 5.74. The van der Waals surface area contributed by atoms with E-state index in [1.807, 2.05) is 0 Å². The smallest absolute Gasteiger partial charge is 0.347 e. The van der Waals surface area contributed by atoms with Gasteiger partial charge in [-0.25, -0.2) is 18.0 Å². The molecule has 1 atom stereocenters. The molecule has 21 heavy (non-hydrogen) atoms. The number of hydrogen-bond donors (Lipinski definition) is 0. The van der Waals surface area contributed by atoms with Gasteiger partial charge in [0.25, 0.3) is 0 Å². The van der Waals surface area contributed by atoms with Crippen LogP contribution < -0.4 is 4.74 Å². The number of ether oxygens (including phenoxy) is 2. The molecule has 0 aliphatic rings. The molecule has 1 rings (SSSR count). The molecule has 3 nitrogen and oxygen atoms in total. The Kier molecular flexibility index (Phi) is 5.92. The van der Waals surface area contributed by atoms with Gasteiger partial charge in [-0.05, 0) is 12.8 Å². The average Bonchev–Trinajstić information content (AvgIpc) is 2.49. The van der Waals surface area contributed by atoms with Gasteiger partial charge in [-0.1, -0.05) is 13.3 Å². The quantitative estimate of drug-likeness (QED) is 0.349. The second kappa shape index (κ2) is 7.24. The molecule has 0 aromatic heterocycles. The van der Waals surface area contributed by atoms with Crippen molar-refractivity contribution in [2.75, 3.05) is 7.11 Å². The summed E-state index contributed by atoms with van der Waals surface area (Å²) in [6.45, 7) is 1.78. The molecule has 0 fully saturated rings.